The number of ether oxygens (including phenoxy) is 1. The van der Waals surface area contributed by atoms with Gasteiger partial charge in [0, 0.05) is 6.04 Å². The quantitative estimate of drug-likeness (QED) is 0.735. The highest BCUT2D eigenvalue weighted by Gasteiger charge is 2.14. The van der Waals surface area contributed by atoms with Crippen molar-refractivity contribution in [3.05, 3.63) is 11.8 Å². The van der Waals surface area contributed by atoms with Crippen LogP contribution in [0.1, 0.15) is 19.3 Å². The van der Waals surface area contributed by atoms with Crippen LogP contribution in [0.15, 0.2) is 11.8 Å². The minimum Gasteiger partial charge on any atom is -0.501 e. The van der Waals surface area contributed by atoms with Gasteiger partial charge in [-0.05, 0) is 43.9 Å². The maximum atomic E-state index is 5.34. The van der Waals surface area contributed by atoms with E-state index < -0.39 is 0 Å². The van der Waals surface area contributed by atoms with Gasteiger partial charge in [-0.2, -0.15) is 11.8 Å². The summed E-state index contributed by atoms with van der Waals surface area (Å²) in [5, 5.41) is 3.34. The molecule has 0 amide bonds. The summed E-state index contributed by atoms with van der Waals surface area (Å²) in [7, 11) is 2.03. The highest BCUT2D eigenvalue weighted by atomic mass is 32.2. The van der Waals surface area contributed by atoms with E-state index in [-0.39, 0.29) is 0 Å². The summed E-state index contributed by atoms with van der Waals surface area (Å²) in [4.78, 5) is 0. The zero-order chi connectivity index (χ0) is 9.52. The molecular weight excluding hydrogens is 182 g/mol. The first kappa shape index (κ1) is 10.9. The normalized spacial score (nSPS) is 19.1. The second-order valence-electron chi connectivity index (χ2n) is 3.29. The van der Waals surface area contributed by atoms with Crippen molar-refractivity contribution in [1.29, 1.82) is 0 Å². The molecule has 1 aliphatic rings. The molecule has 76 valence electrons. The molecule has 1 N–H and O–H groups in total. The summed E-state index contributed by atoms with van der Waals surface area (Å²) in [6.45, 7) is 0.891. The molecule has 0 radical (unpaired) electrons. The smallest absolute Gasteiger partial charge is 0.0876 e. The molecule has 0 saturated carbocycles. The SMILES string of the molecule is CNC(CCSC)C1=COCCC1. The third kappa shape index (κ3) is 3.61. The number of likely N-dealkylation sites (N-methyl/N-ethyl adjacent to an activating group) is 1. The van der Waals surface area contributed by atoms with Crippen LogP contribution in [-0.2, 0) is 4.74 Å². The Morgan fingerprint density at radius 2 is 2.54 bits per heavy atom. The van der Waals surface area contributed by atoms with Gasteiger partial charge in [-0.15, -0.1) is 0 Å². The van der Waals surface area contributed by atoms with Gasteiger partial charge in [-0.25, -0.2) is 0 Å². The van der Waals surface area contributed by atoms with Crippen LogP contribution in [-0.4, -0.2) is 31.7 Å². The van der Waals surface area contributed by atoms with E-state index in [9.17, 15) is 0 Å². The number of hydrogen-bond acceptors (Lipinski definition) is 3. The molecule has 3 heteroatoms. The molecule has 0 aliphatic carbocycles. The molecule has 0 spiro atoms. The van der Waals surface area contributed by atoms with E-state index in [1.54, 1.807) is 0 Å². The predicted molar refractivity (Wildman–Crippen MR) is 59.1 cm³/mol. The van der Waals surface area contributed by atoms with Gasteiger partial charge < -0.3 is 10.1 Å². The molecule has 13 heavy (non-hydrogen) atoms. The standard InChI is InChI=1S/C10H19NOS/c1-11-10(5-7-13-2)9-4-3-6-12-8-9/h8,10-11H,3-7H2,1-2H3. The Balaban J connectivity index is 2.39. The maximum Gasteiger partial charge on any atom is 0.0876 e. The van der Waals surface area contributed by atoms with Crippen molar-refractivity contribution in [2.45, 2.75) is 25.3 Å². The van der Waals surface area contributed by atoms with Gasteiger partial charge in [-0.1, -0.05) is 0 Å². The monoisotopic (exact) mass is 201 g/mol. The van der Waals surface area contributed by atoms with Crippen molar-refractivity contribution in [2.24, 2.45) is 0 Å². The Kier molecular flexibility index (Phi) is 5.32. The fourth-order valence-electron chi connectivity index (χ4n) is 1.59. The number of thioether (sulfide) groups is 1. The van der Waals surface area contributed by atoms with Gasteiger partial charge in [0.15, 0.2) is 0 Å². The summed E-state index contributed by atoms with van der Waals surface area (Å²) >= 11 is 1.90. The molecule has 0 saturated heterocycles. The van der Waals surface area contributed by atoms with Crippen LogP contribution in [0.25, 0.3) is 0 Å². The van der Waals surface area contributed by atoms with Crippen LogP contribution in [0.3, 0.4) is 0 Å². The number of rotatable bonds is 5. The van der Waals surface area contributed by atoms with Crippen LogP contribution < -0.4 is 5.32 Å². The lowest BCUT2D eigenvalue weighted by atomic mass is 10.0. The van der Waals surface area contributed by atoms with E-state index in [4.69, 9.17) is 4.74 Å². The van der Waals surface area contributed by atoms with Gasteiger partial charge in [0.1, 0.15) is 0 Å². The zero-order valence-electron chi connectivity index (χ0n) is 8.51. The lowest BCUT2D eigenvalue weighted by Crippen LogP contribution is -2.29. The molecule has 0 bridgehead atoms. The first-order valence-electron chi connectivity index (χ1n) is 4.85. The summed E-state index contributed by atoms with van der Waals surface area (Å²) in [6, 6.07) is 0.521. The molecule has 1 unspecified atom stereocenters. The van der Waals surface area contributed by atoms with Crippen molar-refractivity contribution in [3.63, 3.8) is 0 Å². The topological polar surface area (TPSA) is 21.3 Å². The van der Waals surface area contributed by atoms with E-state index in [0.29, 0.717) is 6.04 Å². The van der Waals surface area contributed by atoms with Crippen molar-refractivity contribution in [2.75, 3.05) is 25.7 Å². The van der Waals surface area contributed by atoms with E-state index in [1.807, 2.05) is 25.1 Å². The predicted octanol–water partition coefficient (Wildman–Crippen LogP) is 2.02. The average molecular weight is 201 g/mol. The number of nitrogens with one attached hydrogen (secondary N) is 1. The first-order valence-corrected chi connectivity index (χ1v) is 6.24. The van der Waals surface area contributed by atoms with Crippen LogP contribution in [0, 0.1) is 0 Å². The third-order valence-corrected chi connectivity index (χ3v) is 3.01. The Morgan fingerprint density at radius 1 is 1.69 bits per heavy atom. The molecule has 2 nitrogen and oxygen atoms in total. The Bertz CT molecular complexity index is 170. The second kappa shape index (κ2) is 6.33. The Labute approximate surface area is 85.1 Å². The zero-order valence-corrected chi connectivity index (χ0v) is 9.32. The van der Waals surface area contributed by atoms with Gasteiger partial charge in [0.2, 0.25) is 0 Å². The summed E-state index contributed by atoms with van der Waals surface area (Å²) < 4.78 is 5.34. The van der Waals surface area contributed by atoms with Gasteiger partial charge in [0.25, 0.3) is 0 Å². The minimum atomic E-state index is 0.521. The van der Waals surface area contributed by atoms with Crippen molar-refractivity contribution in [1.82, 2.24) is 5.32 Å². The molecule has 0 aromatic carbocycles. The maximum absolute atomic E-state index is 5.34. The first-order chi connectivity index (χ1) is 6.38. The Morgan fingerprint density at radius 3 is 3.08 bits per heavy atom. The van der Waals surface area contributed by atoms with E-state index >= 15 is 0 Å². The molecule has 1 heterocycles. The van der Waals surface area contributed by atoms with Crippen LogP contribution in [0.4, 0.5) is 0 Å². The van der Waals surface area contributed by atoms with Crippen LogP contribution in [0.2, 0.25) is 0 Å². The molecule has 1 rings (SSSR count). The molecule has 1 aliphatic heterocycles. The molecule has 0 aromatic heterocycles. The highest BCUT2D eigenvalue weighted by Crippen LogP contribution is 2.18. The molecule has 1 atom stereocenters. The van der Waals surface area contributed by atoms with Crippen molar-refractivity contribution >= 4 is 11.8 Å². The Hall–Kier alpha value is -0.150. The largest absolute Gasteiger partial charge is 0.501 e. The summed E-state index contributed by atoms with van der Waals surface area (Å²) in [5.41, 5.74) is 1.43. The fraction of sp³-hybridized carbons (Fsp3) is 0.800. The van der Waals surface area contributed by atoms with Crippen LogP contribution >= 0.6 is 11.8 Å². The fourth-order valence-corrected chi connectivity index (χ4v) is 2.06. The van der Waals surface area contributed by atoms with E-state index in [2.05, 4.69) is 11.6 Å². The molecule has 0 fully saturated rings. The van der Waals surface area contributed by atoms with Gasteiger partial charge in [-0.3, -0.25) is 0 Å². The van der Waals surface area contributed by atoms with E-state index in [1.165, 1.54) is 30.6 Å². The minimum absolute atomic E-state index is 0.521. The molecular formula is C10H19NOS. The highest BCUT2D eigenvalue weighted by molar-refractivity contribution is 7.98. The summed E-state index contributed by atoms with van der Waals surface area (Å²) in [5.74, 6) is 1.21. The number of hydrogen-bond donors (Lipinski definition) is 1. The van der Waals surface area contributed by atoms with Crippen molar-refractivity contribution in [3.8, 4) is 0 Å². The van der Waals surface area contributed by atoms with Crippen LogP contribution in [0.5, 0.6) is 0 Å². The molecule has 0 aromatic rings. The lowest BCUT2D eigenvalue weighted by Gasteiger charge is -2.22. The average Bonchev–Trinajstić information content (AvgIpc) is 2.21. The summed E-state index contributed by atoms with van der Waals surface area (Å²) in [6.07, 6.45) is 7.67. The van der Waals surface area contributed by atoms with Crippen molar-refractivity contribution < 1.29 is 4.74 Å². The van der Waals surface area contributed by atoms with Gasteiger partial charge >= 0.3 is 0 Å². The third-order valence-electron chi connectivity index (χ3n) is 2.37. The van der Waals surface area contributed by atoms with Gasteiger partial charge in [0.05, 0.1) is 12.9 Å². The lowest BCUT2D eigenvalue weighted by molar-refractivity contribution is 0.219. The van der Waals surface area contributed by atoms with E-state index in [0.717, 1.165) is 6.61 Å². The second-order valence-corrected chi connectivity index (χ2v) is 4.28.